The van der Waals surface area contributed by atoms with Crippen molar-refractivity contribution in [1.82, 2.24) is 10.2 Å². The van der Waals surface area contributed by atoms with E-state index in [1.807, 2.05) is 7.05 Å². The third-order valence-electron chi connectivity index (χ3n) is 4.70. The highest BCUT2D eigenvalue weighted by molar-refractivity contribution is 14.0. The van der Waals surface area contributed by atoms with Crippen LogP contribution in [0.5, 0.6) is 0 Å². The van der Waals surface area contributed by atoms with E-state index in [2.05, 4.69) is 63.3 Å². The topological polar surface area (TPSA) is 46.1 Å². The van der Waals surface area contributed by atoms with Crippen molar-refractivity contribution in [2.75, 3.05) is 27.3 Å². The minimum atomic E-state index is 0. The predicted molar refractivity (Wildman–Crippen MR) is 126 cm³/mol. The molecule has 5 nitrogen and oxygen atoms in total. The van der Waals surface area contributed by atoms with E-state index in [1.54, 1.807) is 11.3 Å². The maximum atomic E-state index is 5.99. The second-order valence-corrected chi connectivity index (χ2v) is 7.61. The van der Waals surface area contributed by atoms with Gasteiger partial charge in [0.1, 0.15) is 0 Å². The SMILES string of the molecule is CN=C(NCc1ccc(COC2CCOCC2)cc1)N(C)Cc1ccsc1.I. The van der Waals surface area contributed by atoms with Crippen molar-refractivity contribution in [3.63, 3.8) is 0 Å². The van der Waals surface area contributed by atoms with Crippen LogP contribution in [0, 0.1) is 0 Å². The molecule has 0 aliphatic carbocycles. The first-order chi connectivity index (χ1) is 13.2. The molecule has 1 aromatic heterocycles. The van der Waals surface area contributed by atoms with Gasteiger partial charge < -0.3 is 19.7 Å². The number of benzene rings is 1. The van der Waals surface area contributed by atoms with E-state index in [0.717, 1.165) is 45.1 Å². The molecular weight excluding hydrogens is 485 g/mol. The molecule has 1 aromatic carbocycles. The fourth-order valence-corrected chi connectivity index (χ4v) is 3.77. The molecule has 0 saturated carbocycles. The van der Waals surface area contributed by atoms with Gasteiger partial charge in [0.05, 0.1) is 12.7 Å². The Bertz CT molecular complexity index is 701. The molecule has 0 unspecified atom stereocenters. The normalized spacial score (nSPS) is 15.1. The van der Waals surface area contributed by atoms with Crippen LogP contribution in [0.2, 0.25) is 0 Å². The molecule has 1 saturated heterocycles. The second-order valence-electron chi connectivity index (χ2n) is 6.83. The van der Waals surface area contributed by atoms with E-state index in [9.17, 15) is 0 Å². The summed E-state index contributed by atoms with van der Waals surface area (Å²) in [6, 6.07) is 10.8. The summed E-state index contributed by atoms with van der Waals surface area (Å²) in [5.41, 5.74) is 3.75. The van der Waals surface area contributed by atoms with Crippen molar-refractivity contribution in [3.8, 4) is 0 Å². The summed E-state index contributed by atoms with van der Waals surface area (Å²) in [7, 11) is 3.88. The number of hydrogen-bond donors (Lipinski definition) is 1. The van der Waals surface area contributed by atoms with Crippen LogP contribution in [0.25, 0.3) is 0 Å². The number of guanidine groups is 1. The summed E-state index contributed by atoms with van der Waals surface area (Å²) in [4.78, 5) is 6.52. The average Bonchev–Trinajstić information content (AvgIpc) is 3.21. The van der Waals surface area contributed by atoms with Crippen LogP contribution in [-0.4, -0.2) is 44.3 Å². The van der Waals surface area contributed by atoms with Crippen LogP contribution in [-0.2, 0) is 29.2 Å². The first-order valence-corrected chi connectivity index (χ1v) is 10.4. The van der Waals surface area contributed by atoms with Crippen LogP contribution >= 0.6 is 35.3 Å². The fourth-order valence-electron chi connectivity index (χ4n) is 3.11. The van der Waals surface area contributed by atoms with Gasteiger partial charge in [0.25, 0.3) is 0 Å². The molecule has 0 spiro atoms. The van der Waals surface area contributed by atoms with Gasteiger partial charge in [-0.2, -0.15) is 11.3 Å². The smallest absolute Gasteiger partial charge is 0.193 e. The van der Waals surface area contributed by atoms with Crippen LogP contribution < -0.4 is 5.32 Å². The standard InChI is InChI=1S/C21H29N3O2S.HI/c1-22-21(24(2)14-19-9-12-27-16-19)23-13-17-3-5-18(6-4-17)15-26-20-7-10-25-11-8-20;/h3-6,9,12,16,20H,7-8,10-11,13-15H2,1-2H3,(H,22,23);1H. The lowest BCUT2D eigenvalue weighted by molar-refractivity contribution is -0.0390. The highest BCUT2D eigenvalue weighted by atomic mass is 127. The van der Waals surface area contributed by atoms with Gasteiger partial charge in [-0.15, -0.1) is 24.0 Å². The number of hydrogen-bond acceptors (Lipinski definition) is 4. The third-order valence-corrected chi connectivity index (χ3v) is 5.43. The molecule has 0 radical (unpaired) electrons. The Morgan fingerprint density at radius 1 is 1.18 bits per heavy atom. The Hall–Kier alpha value is -1.16. The molecule has 1 aliphatic heterocycles. The fraction of sp³-hybridized carbons (Fsp3) is 0.476. The van der Waals surface area contributed by atoms with Gasteiger partial charge in [-0.05, 0) is 46.4 Å². The predicted octanol–water partition coefficient (Wildman–Crippen LogP) is 4.27. The van der Waals surface area contributed by atoms with Crippen molar-refractivity contribution in [3.05, 3.63) is 57.8 Å². The Labute approximate surface area is 189 Å². The van der Waals surface area contributed by atoms with Gasteiger partial charge in [-0.3, -0.25) is 4.99 Å². The maximum Gasteiger partial charge on any atom is 0.193 e. The van der Waals surface area contributed by atoms with Crippen LogP contribution in [0.4, 0.5) is 0 Å². The molecule has 2 heterocycles. The number of aliphatic imine (C=N–C) groups is 1. The Kier molecular flexibility index (Phi) is 10.3. The summed E-state index contributed by atoms with van der Waals surface area (Å²) < 4.78 is 11.4. The molecule has 2 aromatic rings. The molecule has 0 bridgehead atoms. The molecule has 1 N–H and O–H groups in total. The average molecular weight is 515 g/mol. The van der Waals surface area contributed by atoms with Crippen molar-refractivity contribution < 1.29 is 9.47 Å². The highest BCUT2D eigenvalue weighted by Gasteiger charge is 2.14. The number of rotatable bonds is 7. The first kappa shape index (κ1) is 23.1. The number of nitrogens with one attached hydrogen (secondary N) is 1. The largest absolute Gasteiger partial charge is 0.381 e. The number of ether oxygens (including phenoxy) is 2. The summed E-state index contributed by atoms with van der Waals surface area (Å²) >= 11 is 1.72. The van der Waals surface area contributed by atoms with Crippen LogP contribution in [0.3, 0.4) is 0 Å². The van der Waals surface area contributed by atoms with E-state index < -0.39 is 0 Å². The molecule has 7 heteroatoms. The third kappa shape index (κ3) is 7.35. The lowest BCUT2D eigenvalue weighted by Gasteiger charge is -2.22. The Morgan fingerprint density at radius 3 is 2.54 bits per heavy atom. The van der Waals surface area contributed by atoms with Gasteiger partial charge >= 0.3 is 0 Å². The van der Waals surface area contributed by atoms with E-state index in [4.69, 9.17) is 9.47 Å². The zero-order valence-corrected chi connectivity index (χ0v) is 19.7. The van der Waals surface area contributed by atoms with Crippen LogP contribution in [0.1, 0.15) is 29.5 Å². The molecule has 3 rings (SSSR count). The lowest BCUT2D eigenvalue weighted by atomic mass is 10.1. The summed E-state index contributed by atoms with van der Waals surface area (Å²) in [6.07, 6.45) is 2.34. The number of halogens is 1. The van der Waals surface area contributed by atoms with Gasteiger partial charge in [-0.1, -0.05) is 24.3 Å². The minimum absolute atomic E-state index is 0. The highest BCUT2D eigenvalue weighted by Crippen LogP contribution is 2.14. The zero-order valence-electron chi connectivity index (χ0n) is 16.6. The zero-order chi connectivity index (χ0) is 18.9. The molecule has 1 aliphatic rings. The summed E-state index contributed by atoms with van der Waals surface area (Å²) in [6.45, 7) is 3.91. The Balaban J connectivity index is 0.00000280. The van der Waals surface area contributed by atoms with E-state index in [1.165, 1.54) is 16.7 Å². The van der Waals surface area contributed by atoms with E-state index >= 15 is 0 Å². The summed E-state index contributed by atoms with van der Waals surface area (Å²) in [5, 5.41) is 7.71. The van der Waals surface area contributed by atoms with E-state index in [-0.39, 0.29) is 24.0 Å². The lowest BCUT2D eigenvalue weighted by Crippen LogP contribution is -2.37. The van der Waals surface area contributed by atoms with Gasteiger partial charge in [0, 0.05) is 40.4 Å². The van der Waals surface area contributed by atoms with Crippen molar-refractivity contribution in [2.45, 2.75) is 38.6 Å². The quantitative estimate of drug-likeness (QED) is 0.340. The minimum Gasteiger partial charge on any atom is -0.381 e. The van der Waals surface area contributed by atoms with E-state index in [0.29, 0.717) is 12.7 Å². The van der Waals surface area contributed by atoms with Crippen molar-refractivity contribution >= 4 is 41.3 Å². The van der Waals surface area contributed by atoms with Gasteiger partial charge in [0.2, 0.25) is 0 Å². The van der Waals surface area contributed by atoms with Crippen molar-refractivity contribution in [1.29, 1.82) is 0 Å². The maximum absolute atomic E-state index is 5.99. The molecular formula is C21H30IN3O2S. The molecule has 28 heavy (non-hydrogen) atoms. The van der Waals surface area contributed by atoms with Crippen molar-refractivity contribution in [2.24, 2.45) is 4.99 Å². The van der Waals surface area contributed by atoms with Crippen LogP contribution in [0.15, 0.2) is 46.1 Å². The number of thiophene rings is 1. The monoisotopic (exact) mass is 515 g/mol. The van der Waals surface area contributed by atoms with Gasteiger partial charge in [0.15, 0.2) is 5.96 Å². The van der Waals surface area contributed by atoms with Gasteiger partial charge in [-0.25, -0.2) is 0 Å². The molecule has 0 amide bonds. The number of nitrogens with zero attached hydrogens (tertiary/aromatic N) is 2. The second kappa shape index (κ2) is 12.4. The summed E-state index contributed by atoms with van der Waals surface area (Å²) in [5.74, 6) is 0.896. The Morgan fingerprint density at radius 2 is 1.89 bits per heavy atom. The molecule has 0 atom stereocenters. The molecule has 154 valence electrons. The molecule has 1 fully saturated rings. The first-order valence-electron chi connectivity index (χ1n) is 9.44.